The minimum atomic E-state index is -0.391. The van der Waals surface area contributed by atoms with Crippen LogP contribution >= 0.6 is 0 Å². The van der Waals surface area contributed by atoms with Crippen LogP contribution in [0.4, 0.5) is 4.39 Å². The Bertz CT molecular complexity index is 794. The van der Waals surface area contributed by atoms with Crippen LogP contribution < -0.4 is 5.32 Å². The maximum Gasteiger partial charge on any atom is 0.254 e. The molecule has 0 spiro atoms. The van der Waals surface area contributed by atoms with Crippen molar-refractivity contribution < 1.29 is 14.0 Å². The highest BCUT2D eigenvalue weighted by Gasteiger charge is 2.24. The van der Waals surface area contributed by atoms with Gasteiger partial charge in [0.05, 0.1) is 17.5 Å². The van der Waals surface area contributed by atoms with Gasteiger partial charge in [0.1, 0.15) is 11.5 Å². The zero-order valence-electron chi connectivity index (χ0n) is 14.3. The predicted molar refractivity (Wildman–Crippen MR) is 91.0 cm³/mol. The molecular weight excluding hydrogens is 323 g/mol. The summed E-state index contributed by atoms with van der Waals surface area (Å²) >= 11 is 0. The Labute approximate surface area is 145 Å². The van der Waals surface area contributed by atoms with Gasteiger partial charge < -0.3 is 10.2 Å². The van der Waals surface area contributed by atoms with Gasteiger partial charge in [0.15, 0.2) is 0 Å². The number of benzene rings is 1. The minimum Gasteiger partial charge on any atom is -0.349 e. The lowest BCUT2D eigenvalue weighted by molar-refractivity contribution is -0.129. The highest BCUT2D eigenvalue weighted by Crippen LogP contribution is 2.18. The van der Waals surface area contributed by atoms with Crippen LogP contribution in [0.25, 0.3) is 5.69 Å². The lowest BCUT2D eigenvalue weighted by atomic mass is 10.0. The second-order valence-electron chi connectivity index (χ2n) is 6.26. The first-order valence-corrected chi connectivity index (χ1v) is 8.33. The van der Waals surface area contributed by atoms with E-state index in [1.54, 1.807) is 36.9 Å². The Morgan fingerprint density at radius 2 is 1.92 bits per heavy atom. The van der Waals surface area contributed by atoms with E-state index in [1.165, 1.54) is 16.9 Å². The van der Waals surface area contributed by atoms with E-state index in [1.807, 2.05) is 0 Å². The molecule has 1 aromatic heterocycles. The molecule has 6 nitrogen and oxygen atoms in total. The third kappa shape index (κ3) is 3.55. The van der Waals surface area contributed by atoms with Gasteiger partial charge in [0, 0.05) is 26.1 Å². The molecule has 2 amide bonds. The average Bonchev–Trinajstić information content (AvgIpc) is 2.97. The van der Waals surface area contributed by atoms with Gasteiger partial charge >= 0.3 is 0 Å². The van der Waals surface area contributed by atoms with E-state index in [9.17, 15) is 14.0 Å². The monoisotopic (exact) mass is 344 g/mol. The van der Waals surface area contributed by atoms with Gasteiger partial charge in [-0.1, -0.05) is 12.1 Å². The third-order valence-electron chi connectivity index (χ3n) is 4.61. The van der Waals surface area contributed by atoms with Gasteiger partial charge in [-0.3, -0.25) is 9.59 Å². The number of likely N-dealkylation sites (tertiary alicyclic amines) is 1. The van der Waals surface area contributed by atoms with E-state index in [4.69, 9.17) is 0 Å². The molecule has 0 aliphatic carbocycles. The first kappa shape index (κ1) is 17.1. The first-order chi connectivity index (χ1) is 12.0. The zero-order chi connectivity index (χ0) is 18.0. The molecule has 1 fully saturated rings. The van der Waals surface area contributed by atoms with E-state index >= 15 is 0 Å². The van der Waals surface area contributed by atoms with Gasteiger partial charge in [-0.05, 0) is 31.9 Å². The summed E-state index contributed by atoms with van der Waals surface area (Å²) < 4.78 is 15.4. The molecule has 0 bridgehead atoms. The summed E-state index contributed by atoms with van der Waals surface area (Å²) in [5, 5.41) is 7.15. The van der Waals surface area contributed by atoms with Crippen LogP contribution in [0.1, 0.15) is 35.8 Å². The Balaban J connectivity index is 1.70. The molecule has 0 atom stereocenters. The van der Waals surface area contributed by atoms with Crippen LogP contribution in [0.15, 0.2) is 30.5 Å². The molecule has 2 aromatic rings. The lowest BCUT2D eigenvalue weighted by Gasteiger charge is -2.31. The van der Waals surface area contributed by atoms with E-state index < -0.39 is 5.82 Å². The van der Waals surface area contributed by atoms with E-state index in [-0.39, 0.29) is 17.9 Å². The van der Waals surface area contributed by atoms with Crippen LogP contribution in [-0.4, -0.2) is 45.6 Å². The van der Waals surface area contributed by atoms with Gasteiger partial charge in [-0.25, -0.2) is 9.07 Å². The number of hydrogen-bond acceptors (Lipinski definition) is 3. The number of nitrogens with one attached hydrogen (secondary N) is 1. The molecule has 25 heavy (non-hydrogen) atoms. The number of amides is 2. The van der Waals surface area contributed by atoms with Crippen LogP contribution in [0.3, 0.4) is 0 Å². The van der Waals surface area contributed by atoms with E-state index in [2.05, 4.69) is 10.4 Å². The Hall–Kier alpha value is -2.70. The summed E-state index contributed by atoms with van der Waals surface area (Å²) in [5.41, 5.74) is 1.33. The van der Waals surface area contributed by atoms with E-state index in [0.29, 0.717) is 30.0 Å². The highest BCUT2D eigenvalue weighted by atomic mass is 19.1. The zero-order valence-corrected chi connectivity index (χ0v) is 14.3. The standard InChI is InChI=1S/C18H21FN4O2/c1-12-15(11-20-23(12)17-6-4-3-5-16(17)19)18(25)21-14-7-9-22(10-8-14)13(2)24/h3-6,11,14H,7-10H2,1-2H3,(H,21,25). The minimum absolute atomic E-state index is 0.0271. The molecule has 1 aliphatic rings. The van der Waals surface area contributed by atoms with Gasteiger partial charge in [0.25, 0.3) is 5.91 Å². The smallest absolute Gasteiger partial charge is 0.254 e. The van der Waals surface area contributed by atoms with Crippen molar-refractivity contribution in [3.05, 3.63) is 47.5 Å². The van der Waals surface area contributed by atoms with Gasteiger partial charge in [0.2, 0.25) is 5.91 Å². The average molecular weight is 344 g/mol. The summed E-state index contributed by atoms with van der Waals surface area (Å²) in [4.78, 5) is 25.7. The molecular formula is C18H21FN4O2. The molecule has 7 heteroatoms. The number of nitrogens with zero attached hydrogens (tertiary/aromatic N) is 3. The fourth-order valence-corrected chi connectivity index (χ4v) is 3.10. The maximum absolute atomic E-state index is 13.9. The molecule has 0 unspecified atom stereocenters. The number of halogens is 1. The lowest BCUT2D eigenvalue weighted by Crippen LogP contribution is -2.46. The number of para-hydroxylation sites is 1. The highest BCUT2D eigenvalue weighted by molar-refractivity contribution is 5.95. The molecule has 2 heterocycles. The molecule has 1 aliphatic heterocycles. The number of rotatable bonds is 3. The number of piperidine rings is 1. The van der Waals surface area contributed by atoms with Crippen LogP contribution in [0.2, 0.25) is 0 Å². The van der Waals surface area contributed by atoms with Crippen molar-refractivity contribution >= 4 is 11.8 Å². The fourth-order valence-electron chi connectivity index (χ4n) is 3.10. The van der Waals surface area contributed by atoms with Crippen molar-refractivity contribution in [1.29, 1.82) is 0 Å². The second kappa shape index (κ2) is 7.04. The Morgan fingerprint density at radius 3 is 2.56 bits per heavy atom. The number of hydrogen-bond donors (Lipinski definition) is 1. The largest absolute Gasteiger partial charge is 0.349 e. The van der Waals surface area contributed by atoms with Crippen molar-refractivity contribution in [3.63, 3.8) is 0 Å². The van der Waals surface area contributed by atoms with Crippen molar-refractivity contribution in [3.8, 4) is 5.69 Å². The summed E-state index contributed by atoms with van der Waals surface area (Å²) in [6.45, 7) is 4.59. The molecule has 0 radical (unpaired) electrons. The summed E-state index contributed by atoms with van der Waals surface area (Å²) in [6, 6.07) is 6.34. The predicted octanol–water partition coefficient (Wildman–Crippen LogP) is 2.06. The second-order valence-corrected chi connectivity index (χ2v) is 6.26. The SMILES string of the molecule is CC(=O)N1CCC(NC(=O)c2cnn(-c3ccccc3F)c2C)CC1. The third-order valence-corrected chi connectivity index (χ3v) is 4.61. The van der Waals surface area contributed by atoms with E-state index in [0.717, 1.165) is 12.8 Å². The molecule has 0 saturated carbocycles. The summed E-state index contributed by atoms with van der Waals surface area (Å²) in [6.07, 6.45) is 2.92. The summed E-state index contributed by atoms with van der Waals surface area (Å²) in [7, 11) is 0. The first-order valence-electron chi connectivity index (χ1n) is 8.33. The van der Waals surface area contributed by atoms with Crippen molar-refractivity contribution in [2.75, 3.05) is 13.1 Å². The van der Waals surface area contributed by atoms with Crippen molar-refractivity contribution in [2.24, 2.45) is 0 Å². The normalized spacial score (nSPS) is 15.2. The van der Waals surface area contributed by atoms with Crippen LogP contribution in [-0.2, 0) is 4.79 Å². The van der Waals surface area contributed by atoms with Crippen LogP contribution in [0, 0.1) is 12.7 Å². The molecule has 1 aromatic carbocycles. The van der Waals surface area contributed by atoms with Crippen LogP contribution in [0.5, 0.6) is 0 Å². The molecule has 132 valence electrons. The topological polar surface area (TPSA) is 67.2 Å². The fraction of sp³-hybridized carbons (Fsp3) is 0.389. The Kier molecular flexibility index (Phi) is 4.83. The van der Waals surface area contributed by atoms with Gasteiger partial charge in [-0.2, -0.15) is 5.10 Å². The number of carbonyl (C=O) groups is 2. The Morgan fingerprint density at radius 1 is 1.24 bits per heavy atom. The van der Waals surface area contributed by atoms with Crippen molar-refractivity contribution in [2.45, 2.75) is 32.7 Å². The molecule has 1 saturated heterocycles. The number of aromatic nitrogens is 2. The maximum atomic E-state index is 13.9. The van der Waals surface area contributed by atoms with Crippen molar-refractivity contribution in [1.82, 2.24) is 20.0 Å². The summed E-state index contributed by atoms with van der Waals surface area (Å²) in [5.74, 6) is -0.551. The quantitative estimate of drug-likeness (QED) is 0.927. The molecule has 1 N–H and O–H groups in total. The molecule has 3 rings (SSSR count). The number of carbonyl (C=O) groups excluding carboxylic acids is 2. The van der Waals surface area contributed by atoms with Gasteiger partial charge in [-0.15, -0.1) is 0 Å².